The molecule has 1 aliphatic heterocycles. The molecule has 1 aromatic carbocycles. The molecular weight excluding hydrogens is 535 g/mol. The quantitative estimate of drug-likeness (QED) is 0.337. The number of amides is 3. The molecule has 5 N–H and O–H groups in total. The van der Waals surface area contributed by atoms with Crippen molar-refractivity contribution in [3.63, 3.8) is 0 Å². The van der Waals surface area contributed by atoms with Crippen molar-refractivity contribution in [1.82, 2.24) is 25.0 Å². The number of primary amides is 1. The fourth-order valence-electron chi connectivity index (χ4n) is 4.26. The number of carbonyl (C=O) groups is 2. The molecule has 0 radical (unpaired) electrons. The SMILES string of the molecule is CCc1c(CC)n(C(N)=O)c2ccc(Nc3nc(NC(=O)NN4CCCC4)ncc3I)cc12. The topological polar surface area (TPSA) is 130 Å². The van der Waals surface area contributed by atoms with Crippen LogP contribution < -0.4 is 21.8 Å². The van der Waals surface area contributed by atoms with E-state index in [9.17, 15) is 9.59 Å². The van der Waals surface area contributed by atoms with Gasteiger partial charge in [0.05, 0.1) is 9.09 Å². The molecule has 3 heterocycles. The molecule has 10 nitrogen and oxygen atoms in total. The third kappa shape index (κ3) is 4.88. The van der Waals surface area contributed by atoms with Gasteiger partial charge in [-0.1, -0.05) is 13.8 Å². The fourth-order valence-corrected chi connectivity index (χ4v) is 4.65. The minimum Gasteiger partial charge on any atom is -0.351 e. The van der Waals surface area contributed by atoms with E-state index in [1.807, 2.05) is 30.1 Å². The van der Waals surface area contributed by atoms with Gasteiger partial charge in [-0.2, -0.15) is 4.98 Å². The number of hydrogen-bond acceptors (Lipinski definition) is 6. The van der Waals surface area contributed by atoms with E-state index in [4.69, 9.17) is 5.73 Å². The number of hydrogen-bond donors (Lipinski definition) is 4. The molecule has 0 unspecified atom stereocenters. The zero-order valence-corrected chi connectivity index (χ0v) is 20.8. The molecule has 1 fully saturated rings. The highest BCUT2D eigenvalue weighted by Crippen LogP contribution is 2.31. The highest BCUT2D eigenvalue weighted by Gasteiger charge is 2.19. The van der Waals surface area contributed by atoms with E-state index in [1.165, 1.54) is 0 Å². The number of hydrazine groups is 1. The van der Waals surface area contributed by atoms with Gasteiger partial charge in [0, 0.05) is 36.1 Å². The Morgan fingerprint density at radius 2 is 1.94 bits per heavy atom. The summed E-state index contributed by atoms with van der Waals surface area (Å²) in [5, 5.41) is 8.86. The van der Waals surface area contributed by atoms with Gasteiger partial charge >= 0.3 is 12.1 Å². The molecule has 0 aliphatic carbocycles. The third-order valence-electron chi connectivity index (χ3n) is 5.69. The van der Waals surface area contributed by atoms with Gasteiger partial charge in [0.15, 0.2) is 0 Å². The molecule has 3 amide bonds. The third-order valence-corrected chi connectivity index (χ3v) is 6.48. The molecule has 1 saturated heterocycles. The predicted molar refractivity (Wildman–Crippen MR) is 137 cm³/mol. The van der Waals surface area contributed by atoms with Gasteiger partial charge in [-0.05, 0) is 72.0 Å². The number of nitrogens with two attached hydrogens (primary N) is 1. The lowest BCUT2D eigenvalue weighted by atomic mass is 10.1. The molecule has 3 aromatic rings. The number of nitrogens with zero attached hydrogens (tertiary/aromatic N) is 4. The molecule has 11 heteroatoms. The summed E-state index contributed by atoms with van der Waals surface area (Å²) >= 11 is 2.14. The normalized spacial score (nSPS) is 13.9. The number of aromatic nitrogens is 3. The van der Waals surface area contributed by atoms with Gasteiger partial charge in [-0.3, -0.25) is 15.3 Å². The molecule has 1 aliphatic rings. The number of urea groups is 1. The van der Waals surface area contributed by atoms with Crippen LogP contribution in [0.15, 0.2) is 24.4 Å². The smallest absolute Gasteiger partial charge is 0.336 e. The Labute approximate surface area is 205 Å². The number of benzene rings is 1. The lowest BCUT2D eigenvalue weighted by molar-refractivity contribution is 0.209. The van der Waals surface area contributed by atoms with Crippen LogP contribution >= 0.6 is 22.6 Å². The Morgan fingerprint density at radius 3 is 2.61 bits per heavy atom. The van der Waals surface area contributed by atoms with Crippen molar-refractivity contribution in [3.05, 3.63) is 39.2 Å². The number of aryl methyl sites for hydroxylation is 1. The van der Waals surface area contributed by atoms with Crippen LogP contribution in [0.4, 0.5) is 27.0 Å². The summed E-state index contributed by atoms with van der Waals surface area (Å²) in [5.74, 6) is 0.780. The summed E-state index contributed by atoms with van der Waals surface area (Å²) in [6.45, 7) is 5.77. The number of rotatable bonds is 6. The van der Waals surface area contributed by atoms with E-state index in [1.54, 1.807) is 10.8 Å². The molecule has 0 spiro atoms. The minimum absolute atomic E-state index is 0.207. The second-order valence-electron chi connectivity index (χ2n) is 7.81. The summed E-state index contributed by atoms with van der Waals surface area (Å²) < 4.78 is 2.39. The first kappa shape index (κ1) is 23.2. The molecular formula is C22H27IN8O2. The van der Waals surface area contributed by atoms with E-state index in [-0.39, 0.29) is 12.0 Å². The standard InChI is InChI=1S/C22H27IN8O2/c1-3-14-15-11-13(7-8-18(15)31(20(24)32)17(14)4-2)26-19-16(23)12-25-21(27-19)28-22(33)29-30-9-5-6-10-30/h7-8,11-12H,3-6,9-10H2,1-2H3,(H2,24,32)(H3,25,26,27,28,29,33). The van der Waals surface area contributed by atoms with Crippen molar-refractivity contribution in [1.29, 1.82) is 0 Å². The van der Waals surface area contributed by atoms with Gasteiger partial charge in [0.25, 0.3) is 0 Å². The number of anilines is 3. The van der Waals surface area contributed by atoms with Crippen LogP contribution in [0, 0.1) is 3.57 Å². The summed E-state index contributed by atoms with van der Waals surface area (Å²) in [6, 6.07) is 4.92. The Morgan fingerprint density at radius 1 is 1.18 bits per heavy atom. The second kappa shape index (κ2) is 9.91. The van der Waals surface area contributed by atoms with Crippen LogP contribution in [0.2, 0.25) is 0 Å². The fraction of sp³-hybridized carbons (Fsp3) is 0.364. The largest absolute Gasteiger partial charge is 0.351 e. The number of carbonyl (C=O) groups excluding carboxylic acids is 2. The average Bonchev–Trinajstić information content (AvgIpc) is 3.40. The molecule has 33 heavy (non-hydrogen) atoms. The minimum atomic E-state index is -0.481. The van der Waals surface area contributed by atoms with Gasteiger partial charge < -0.3 is 11.1 Å². The van der Waals surface area contributed by atoms with Crippen molar-refractivity contribution in [2.24, 2.45) is 5.73 Å². The Balaban J connectivity index is 1.59. The first-order valence-corrected chi connectivity index (χ1v) is 12.1. The summed E-state index contributed by atoms with van der Waals surface area (Å²) in [6.07, 6.45) is 5.29. The first-order chi connectivity index (χ1) is 15.9. The van der Waals surface area contributed by atoms with E-state index < -0.39 is 6.03 Å². The molecule has 2 aromatic heterocycles. The number of nitrogens with one attached hydrogen (secondary N) is 3. The monoisotopic (exact) mass is 562 g/mol. The van der Waals surface area contributed by atoms with Crippen molar-refractivity contribution in [3.8, 4) is 0 Å². The first-order valence-electron chi connectivity index (χ1n) is 11.0. The van der Waals surface area contributed by atoms with Gasteiger partial charge in [-0.25, -0.2) is 19.6 Å². The van der Waals surface area contributed by atoms with Crippen molar-refractivity contribution in [2.75, 3.05) is 23.7 Å². The Hall–Kier alpha value is -2.93. The van der Waals surface area contributed by atoms with Crippen LogP contribution in [-0.2, 0) is 12.8 Å². The molecule has 0 bridgehead atoms. The molecule has 4 rings (SSSR count). The number of halogens is 1. The van der Waals surface area contributed by atoms with Crippen LogP contribution in [0.1, 0.15) is 37.9 Å². The summed E-state index contributed by atoms with van der Waals surface area (Å²) in [7, 11) is 0. The van der Waals surface area contributed by atoms with Crippen LogP contribution in [0.3, 0.4) is 0 Å². The zero-order valence-electron chi connectivity index (χ0n) is 18.6. The maximum absolute atomic E-state index is 12.3. The van der Waals surface area contributed by atoms with Gasteiger partial charge in [0.1, 0.15) is 5.82 Å². The lowest BCUT2D eigenvalue weighted by Gasteiger charge is -2.16. The highest BCUT2D eigenvalue weighted by atomic mass is 127. The Kier molecular flexibility index (Phi) is 6.98. The van der Waals surface area contributed by atoms with Crippen molar-refractivity contribution < 1.29 is 9.59 Å². The summed E-state index contributed by atoms with van der Waals surface area (Å²) in [4.78, 5) is 33.0. The van der Waals surface area contributed by atoms with Gasteiger partial charge in [-0.15, -0.1) is 0 Å². The zero-order chi connectivity index (χ0) is 23.5. The highest BCUT2D eigenvalue weighted by molar-refractivity contribution is 14.1. The maximum Gasteiger partial charge on any atom is 0.336 e. The van der Waals surface area contributed by atoms with Gasteiger partial charge in [0.2, 0.25) is 5.95 Å². The van der Waals surface area contributed by atoms with Crippen molar-refractivity contribution in [2.45, 2.75) is 39.5 Å². The van der Waals surface area contributed by atoms with Crippen LogP contribution in [0.25, 0.3) is 10.9 Å². The molecule has 0 atom stereocenters. The Bertz CT molecular complexity index is 1200. The summed E-state index contributed by atoms with van der Waals surface area (Å²) in [5.41, 5.74) is 12.1. The van der Waals surface area contributed by atoms with E-state index >= 15 is 0 Å². The lowest BCUT2D eigenvalue weighted by Crippen LogP contribution is -2.42. The van der Waals surface area contributed by atoms with E-state index in [0.717, 1.165) is 63.8 Å². The van der Waals surface area contributed by atoms with Crippen LogP contribution in [0.5, 0.6) is 0 Å². The molecule has 174 valence electrons. The number of fused-ring (bicyclic) bond motifs is 1. The average molecular weight is 562 g/mol. The van der Waals surface area contributed by atoms with Crippen LogP contribution in [-0.4, -0.2) is 44.7 Å². The van der Waals surface area contributed by atoms with Crippen molar-refractivity contribution >= 4 is 63.0 Å². The predicted octanol–water partition coefficient (Wildman–Crippen LogP) is 3.96. The van der Waals surface area contributed by atoms with E-state index in [0.29, 0.717) is 12.2 Å². The maximum atomic E-state index is 12.3. The second-order valence-corrected chi connectivity index (χ2v) is 8.98. The molecule has 0 saturated carbocycles. The van der Waals surface area contributed by atoms with E-state index in [2.05, 4.69) is 55.5 Å².